The molecule has 0 rings (SSSR count). The van der Waals surface area contributed by atoms with Crippen molar-refractivity contribution in [3.8, 4) is 0 Å². The van der Waals surface area contributed by atoms with Crippen molar-refractivity contribution in [1.29, 1.82) is 0 Å². The van der Waals surface area contributed by atoms with Gasteiger partial charge in [0.05, 0.1) is 0 Å². The molecule has 0 unspecified atom stereocenters. The van der Waals surface area contributed by atoms with E-state index in [2.05, 4.69) is 0 Å². The van der Waals surface area contributed by atoms with Gasteiger partial charge in [0, 0.05) is 0 Å². The Morgan fingerprint density at radius 3 is 0.333 bits per heavy atom. The summed E-state index contributed by atoms with van der Waals surface area (Å²) in [4.78, 5) is 0. The molecule has 0 aliphatic rings. The molecule has 0 aliphatic carbocycles. The van der Waals surface area contributed by atoms with Crippen molar-refractivity contribution in [2.75, 3.05) is 0 Å². The van der Waals surface area contributed by atoms with Gasteiger partial charge in [0.1, 0.15) is 0 Å². The molecule has 0 aromatic heterocycles. The second kappa shape index (κ2) is 391. The number of rotatable bonds is 0. The zero-order valence-corrected chi connectivity index (χ0v) is 4.69. The van der Waals surface area contributed by atoms with Gasteiger partial charge in [0.15, 0.2) is 0 Å². The quantitative estimate of drug-likeness (QED) is 0.431. The molecule has 0 radical (unpaired) electrons. The smallest absolute Gasteiger partial charge is 2.00 e. The molecule has 6 heteroatoms. The fourth-order valence-electron chi connectivity index (χ4n) is 0. The average Bonchev–Trinajstić information content (AvgIpc) is 0. The molecule has 0 saturated heterocycles. The van der Waals surface area contributed by atoms with Gasteiger partial charge in [-0.2, -0.15) is 0 Å². The third-order valence-corrected chi connectivity index (χ3v) is 0. The molecule has 6 heavy (non-hydrogen) atoms. The third kappa shape index (κ3) is 195. The molecule has 0 aromatic carbocycles. The standard InChI is InChI=1S/Nb.5O/q+5;5*-2. The summed E-state index contributed by atoms with van der Waals surface area (Å²) in [6.45, 7) is 0. The zero-order chi connectivity index (χ0) is 0. The largest absolute Gasteiger partial charge is 5.00 e. The van der Waals surface area contributed by atoms with Gasteiger partial charge in [-0.05, 0) is 0 Å². The Kier molecular flexibility index (Phi) is 44900. The maximum atomic E-state index is 0. The molecule has 0 aliphatic heterocycles. The normalized spacial score (nSPS) is 0. The Labute approximate surface area is 50.4 Å². The van der Waals surface area contributed by atoms with Gasteiger partial charge in [-0.3, -0.25) is 0 Å². The molecule has 5 nitrogen and oxygen atoms in total. The minimum absolute atomic E-state index is 0. The van der Waals surface area contributed by atoms with E-state index in [-0.39, 0.29) is 49.8 Å². The fourth-order valence-corrected chi connectivity index (χ4v) is 0. The maximum Gasteiger partial charge on any atom is 5.00 e. The van der Waals surface area contributed by atoms with Gasteiger partial charge in [-0.15, -0.1) is 0 Å². The Morgan fingerprint density at radius 2 is 0.333 bits per heavy atom. The average molecular weight is 173 g/mol. The summed E-state index contributed by atoms with van der Waals surface area (Å²) < 4.78 is 0. The topological polar surface area (TPSA) is 142 Å². The third-order valence-electron chi connectivity index (χ3n) is 0. The van der Waals surface area contributed by atoms with Crippen LogP contribution in [0.1, 0.15) is 0 Å². The molecule has 0 atom stereocenters. The van der Waals surface area contributed by atoms with E-state index in [9.17, 15) is 0 Å². The molecule has 40 valence electrons. The van der Waals surface area contributed by atoms with Crippen molar-refractivity contribution >= 4 is 0 Å². The molecule has 0 N–H and O–H groups in total. The Bertz CT molecular complexity index is 3.90. The summed E-state index contributed by atoms with van der Waals surface area (Å²) in [7, 11) is 0. The summed E-state index contributed by atoms with van der Waals surface area (Å²) in [6, 6.07) is 0. The van der Waals surface area contributed by atoms with Gasteiger partial charge >= 0.3 is 22.4 Å². The van der Waals surface area contributed by atoms with Crippen LogP contribution in [0.4, 0.5) is 0 Å². The van der Waals surface area contributed by atoms with Crippen LogP contribution in [-0.4, -0.2) is 0 Å². The Morgan fingerprint density at radius 1 is 0.333 bits per heavy atom. The van der Waals surface area contributed by atoms with Gasteiger partial charge < -0.3 is 27.4 Å². The van der Waals surface area contributed by atoms with Crippen LogP contribution in [0.3, 0.4) is 0 Å². The van der Waals surface area contributed by atoms with Crippen LogP contribution in [0.15, 0.2) is 0 Å². The molecule has 0 aromatic rings. The Hall–Kier alpha value is 0.540. The van der Waals surface area contributed by atoms with Gasteiger partial charge in [0.2, 0.25) is 0 Å². The van der Waals surface area contributed by atoms with Crippen LogP contribution in [0, 0.1) is 0 Å². The van der Waals surface area contributed by atoms with Crippen molar-refractivity contribution in [2.24, 2.45) is 0 Å². The molecule has 0 saturated carbocycles. The SMILES string of the molecule is [Nb+5].[O-2].[O-2].[O-2].[O-2].[O-2]. The first-order valence-electron chi connectivity index (χ1n) is 0. The summed E-state index contributed by atoms with van der Waals surface area (Å²) in [6.07, 6.45) is 0. The van der Waals surface area contributed by atoms with Gasteiger partial charge in [-0.1, -0.05) is 0 Å². The van der Waals surface area contributed by atoms with E-state index in [4.69, 9.17) is 0 Å². The predicted octanol–water partition coefficient (Wildman–Crippen LogP) is -0.597. The first kappa shape index (κ1) is 688. The fraction of sp³-hybridized carbons (Fsp3) is 0. The summed E-state index contributed by atoms with van der Waals surface area (Å²) >= 11 is 0. The first-order chi connectivity index (χ1) is 0. The van der Waals surface area contributed by atoms with E-state index >= 15 is 0 Å². The Balaban J connectivity index is 0. The van der Waals surface area contributed by atoms with Crippen LogP contribution in [0.5, 0.6) is 0 Å². The van der Waals surface area contributed by atoms with E-state index in [1.807, 2.05) is 0 Å². The molecular weight excluding hydrogens is 173 g/mol. The molecular formula is NbO5-5. The van der Waals surface area contributed by atoms with Crippen LogP contribution in [-0.2, 0) is 49.8 Å². The minimum Gasteiger partial charge on any atom is -2.00 e. The monoisotopic (exact) mass is 173 g/mol. The maximum absolute atomic E-state index is 0. The van der Waals surface area contributed by atoms with Crippen molar-refractivity contribution in [3.05, 3.63) is 0 Å². The van der Waals surface area contributed by atoms with Crippen molar-refractivity contribution in [2.45, 2.75) is 0 Å². The predicted molar refractivity (Wildman–Crippen MR) is 3.43 cm³/mol. The van der Waals surface area contributed by atoms with Crippen LogP contribution < -0.4 is 0 Å². The van der Waals surface area contributed by atoms with E-state index in [0.717, 1.165) is 0 Å². The molecule has 0 heterocycles. The molecule has 0 fully saturated rings. The summed E-state index contributed by atoms with van der Waals surface area (Å²) in [5.74, 6) is 0. The van der Waals surface area contributed by atoms with Crippen molar-refractivity contribution in [1.82, 2.24) is 0 Å². The molecule has 0 spiro atoms. The first-order valence-corrected chi connectivity index (χ1v) is 0. The zero-order valence-electron chi connectivity index (χ0n) is 2.49. The summed E-state index contributed by atoms with van der Waals surface area (Å²) in [5, 5.41) is 0. The van der Waals surface area contributed by atoms with Gasteiger partial charge in [-0.25, -0.2) is 0 Å². The van der Waals surface area contributed by atoms with Crippen LogP contribution >= 0.6 is 0 Å². The van der Waals surface area contributed by atoms with Crippen molar-refractivity contribution < 1.29 is 49.8 Å². The van der Waals surface area contributed by atoms with Crippen molar-refractivity contribution in [3.63, 3.8) is 0 Å². The minimum atomic E-state index is 0. The summed E-state index contributed by atoms with van der Waals surface area (Å²) in [5.41, 5.74) is 0. The number of hydrogen-bond acceptors (Lipinski definition) is 0. The van der Waals surface area contributed by atoms with E-state index in [1.165, 1.54) is 0 Å². The molecule has 0 bridgehead atoms. The van der Waals surface area contributed by atoms with E-state index in [0.29, 0.717) is 0 Å². The number of hydrogen-bond donors (Lipinski definition) is 0. The second-order valence-electron chi connectivity index (χ2n) is 0. The van der Waals surface area contributed by atoms with Crippen LogP contribution in [0.2, 0.25) is 0 Å². The van der Waals surface area contributed by atoms with E-state index < -0.39 is 0 Å². The van der Waals surface area contributed by atoms with Crippen LogP contribution in [0.25, 0.3) is 0 Å². The van der Waals surface area contributed by atoms with Gasteiger partial charge in [0.25, 0.3) is 0 Å². The second-order valence-corrected chi connectivity index (χ2v) is 0. The van der Waals surface area contributed by atoms with E-state index in [1.54, 1.807) is 0 Å². The molecule has 0 amide bonds.